The predicted molar refractivity (Wildman–Crippen MR) is 132 cm³/mol. The quantitative estimate of drug-likeness (QED) is 0.338. The number of hydrogen-bond acceptors (Lipinski definition) is 3. The zero-order valence-corrected chi connectivity index (χ0v) is 18.6. The summed E-state index contributed by atoms with van der Waals surface area (Å²) in [6, 6.07) is 24.0. The Labute approximate surface area is 193 Å². The van der Waals surface area contributed by atoms with Crippen molar-refractivity contribution in [1.29, 1.82) is 0 Å². The maximum absolute atomic E-state index is 10.8. The number of hydrogen-bond donors (Lipinski definition) is 2. The van der Waals surface area contributed by atoms with Crippen LogP contribution in [0.3, 0.4) is 0 Å². The highest BCUT2D eigenvalue weighted by molar-refractivity contribution is 6.31. The lowest BCUT2D eigenvalue weighted by Gasteiger charge is -2.26. The second-order valence-electron chi connectivity index (χ2n) is 8.37. The van der Waals surface area contributed by atoms with Crippen molar-refractivity contribution in [2.24, 2.45) is 4.99 Å². The number of nitrogens with zero attached hydrogens (tertiary/aromatic N) is 2. The van der Waals surface area contributed by atoms with Gasteiger partial charge in [0.05, 0.1) is 22.5 Å². The topological polar surface area (TPSA) is 51.6 Å². The van der Waals surface area contributed by atoms with Gasteiger partial charge in [-0.25, -0.2) is 4.99 Å². The molecule has 5 heteroatoms. The molecule has 0 saturated carbocycles. The molecule has 4 nitrogen and oxygen atoms in total. The van der Waals surface area contributed by atoms with Crippen molar-refractivity contribution < 1.29 is 5.11 Å². The third-order valence-corrected chi connectivity index (χ3v) is 6.29. The molecule has 0 aliphatic carbocycles. The van der Waals surface area contributed by atoms with Crippen LogP contribution in [0.2, 0.25) is 5.02 Å². The standard InChI is InChI=1S/C27H26ClN3O/c28-21-11-14-23-24(17-21)30-27(32)25(23)26(20-7-3-1-4-8-20)29-22-12-9-19(10-13-22)18-31-15-5-2-6-16-31/h1,3-4,7-14,17,30,32H,2,5-6,15-16,18H2. The molecule has 1 aromatic heterocycles. The largest absolute Gasteiger partial charge is 0.494 e. The number of piperidine rings is 1. The highest BCUT2D eigenvalue weighted by Crippen LogP contribution is 2.33. The molecule has 2 heterocycles. The molecule has 0 spiro atoms. The molecule has 162 valence electrons. The van der Waals surface area contributed by atoms with Crippen molar-refractivity contribution in [1.82, 2.24) is 9.88 Å². The van der Waals surface area contributed by atoms with Crippen LogP contribution >= 0.6 is 11.6 Å². The van der Waals surface area contributed by atoms with Gasteiger partial charge in [0.1, 0.15) is 0 Å². The highest BCUT2D eigenvalue weighted by atomic mass is 35.5. The molecule has 1 aliphatic rings. The van der Waals surface area contributed by atoms with Gasteiger partial charge in [0.25, 0.3) is 0 Å². The van der Waals surface area contributed by atoms with Crippen molar-refractivity contribution >= 4 is 33.9 Å². The van der Waals surface area contributed by atoms with E-state index in [9.17, 15) is 5.11 Å². The second-order valence-corrected chi connectivity index (χ2v) is 8.80. The van der Waals surface area contributed by atoms with E-state index in [1.54, 1.807) is 0 Å². The normalized spacial score (nSPS) is 15.3. The Kier molecular flexibility index (Phi) is 5.97. The van der Waals surface area contributed by atoms with E-state index >= 15 is 0 Å². The van der Waals surface area contributed by atoms with E-state index in [0.717, 1.165) is 34.4 Å². The molecule has 1 aliphatic heterocycles. The van der Waals surface area contributed by atoms with Crippen LogP contribution in [-0.2, 0) is 6.54 Å². The van der Waals surface area contributed by atoms with Crippen LogP contribution in [-0.4, -0.2) is 33.8 Å². The average Bonchev–Trinajstić information content (AvgIpc) is 3.14. The molecule has 0 amide bonds. The molecule has 3 aromatic carbocycles. The summed E-state index contributed by atoms with van der Waals surface area (Å²) in [5.74, 6) is 0.0894. The summed E-state index contributed by atoms with van der Waals surface area (Å²) in [5.41, 5.74) is 5.29. The Bertz CT molecular complexity index is 1240. The zero-order chi connectivity index (χ0) is 21.9. The fourth-order valence-corrected chi connectivity index (χ4v) is 4.61. The number of rotatable bonds is 5. The number of aromatic amines is 1. The lowest BCUT2D eigenvalue weighted by Crippen LogP contribution is -2.28. The fraction of sp³-hybridized carbons (Fsp3) is 0.222. The van der Waals surface area contributed by atoms with Gasteiger partial charge in [0.15, 0.2) is 5.88 Å². The van der Waals surface area contributed by atoms with E-state index in [4.69, 9.17) is 16.6 Å². The molecule has 2 N–H and O–H groups in total. The summed E-state index contributed by atoms with van der Waals surface area (Å²) in [5, 5.41) is 12.3. The van der Waals surface area contributed by atoms with E-state index in [1.807, 2.05) is 48.5 Å². The summed E-state index contributed by atoms with van der Waals surface area (Å²) < 4.78 is 0. The van der Waals surface area contributed by atoms with Gasteiger partial charge in [-0.05, 0) is 55.8 Å². The summed E-state index contributed by atoms with van der Waals surface area (Å²) in [6.07, 6.45) is 3.93. The van der Waals surface area contributed by atoms with Crippen LogP contribution in [0.1, 0.15) is 36.0 Å². The van der Waals surface area contributed by atoms with Gasteiger partial charge < -0.3 is 10.1 Å². The summed E-state index contributed by atoms with van der Waals surface area (Å²) in [6.45, 7) is 3.35. The van der Waals surface area contributed by atoms with Gasteiger partial charge in [0.2, 0.25) is 0 Å². The van der Waals surface area contributed by atoms with Crippen molar-refractivity contribution in [2.45, 2.75) is 25.8 Å². The number of H-pyrrole nitrogens is 1. The lowest BCUT2D eigenvalue weighted by atomic mass is 10.0. The van der Waals surface area contributed by atoms with Gasteiger partial charge >= 0.3 is 0 Å². The van der Waals surface area contributed by atoms with E-state index in [-0.39, 0.29) is 5.88 Å². The Morgan fingerprint density at radius 2 is 1.69 bits per heavy atom. The van der Waals surface area contributed by atoms with Crippen LogP contribution < -0.4 is 0 Å². The first-order chi connectivity index (χ1) is 15.7. The maximum Gasteiger partial charge on any atom is 0.199 e. The minimum Gasteiger partial charge on any atom is -0.494 e. The Morgan fingerprint density at radius 3 is 2.44 bits per heavy atom. The number of benzene rings is 3. The van der Waals surface area contributed by atoms with Crippen LogP contribution in [0.4, 0.5) is 5.69 Å². The molecule has 0 radical (unpaired) electrons. The second kappa shape index (κ2) is 9.19. The van der Waals surface area contributed by atoms with E-state index in [2.05, 4.69) is 34.1 Å². The molecular weight excluding hydrogens is 418 g/mol. The first-order valence-corrected chi connectivity index (χ1v) is 11.5. The third kappa shape index (κ3) is 4.43. The molecular formula is C27H26ClN3O. The predicted octanol–water partition coefficient (Wildman–Crippen LogP) is 6.68. The van der Waals surface area contributed by atoms with E-state index in [1.165, 1.54) is 37.9 Å². The first kappa shape index (κ1) is 20.8. The van der Waals surface area contributed by atoms with Gasteiger partial charge in [-0.3, -0.25) is 4.90 Å². The van der Waals surface area contributed by atoms with Crippen LogP contribution in [0.15, 0.2) is 77.8 Å². The van der Waals surface area contributed by atoms with Gasteiger partial charge in [0, 0.05) is 22.5 Å². The molecule has 1 saturated heterocycles. The molecule has 0 bridgehead atoms. The molecule has 4 aromatic rings. The number of fused-ring (bicyclic) bond motifs is 1. The summed E-state index contributed by atoms with van der Waals surface area (Å²) in [4.78, 5) is 10.5. The Balaban J connectivity index is 1.53. The molecule has 1 fully saturated rings. The number of likely N-dealkylation sites (tertiary alicyclic amines) is 1. The number of halogens is 1. The molecule has 0 unspecified atom stereocenters. The van der Waals surface area contributed by atoms with Gasteiger partial charge in [-0.15, -0.1) is 0 Å². The number of aromatic hydroxyl groups is 1. The van der Waals surface area contributed by atoms with Gasteiger partial charge in [-0.2, -0.15) is 0 Å². The fourth-order valence-electron chi connectivity index (χ4n) is 4.44. The minimum atomic E-state index is 0.0894. The Hall–Kier alpha value is -3.08. The van der Waals surface area contributed by atoms with Crippen molar-refractivity contribution in [3.8, 4) is 5.88 Å². The van der Waals surface area contributed by atoms with Crippen LogP contribution in [0.25, 0.3) is 10.9 Å². The zero-order valence-electron chi connectivity index (χ0n) is 17.9. The average molecular weight is 444 g/mol. The van der Waals surface area contributed by atoms with Gasteiger partial charge in [-0.1, -0.05) is 66.6 Å². The number of aliphatic imine (C=N–C) groups is 1. The molecule has 32 heavy (non-hydrogen) atoms. The maximum atomic E-state index is 10.8. The summed E-state index contributed by atoms with van der Waals surface area (Å²) >= 11 is 6.16. The van der Waals surface area contributed by atoms with Crippen molar-refractivity contribution in [3.05, 3.63) is 94.5 Å². The summed E-state index contributed by atoms with van der Waals surface area (Å²) in [7, 11) is 0. The minimum absolute atomic E-state index is 0.0894. The van der Waals surface area contributed by atoms with Crippen LogP contribution in [0.5, 0.6) is 5.88 Å². The molecule has 0 atom stereocenters. The van der Waals surface area contributed by atoms with E-state index in [0.29, 0.717) is 10.6 Å². The number of aromatic nitrogens is 1. The van der Waals surface area contributed by atoms with Crippen molar-refractivity contribution in [3.63, 3.8) is 0 Å². The smallest absolute Gasteiger partial charge is 0.199 e. The first-order valence-electron chi connectivity index (χ1n) is 11.1. The van der Waals surface area contributed by atoms with Crippen LogP contribution in [0, 0.1) is 0 Å². The lowest BCUT2D eigenvalue weighted by molar-refractivity contribution is 0.221. The van der Waals surface area contributed by atoms with E-state index < -0.39 is 0 Å². The highest BCUT2D eigenvalue weighted by Gasteiger charge is 2.19. The van der Waals surface area contributed by atoms with Crippen molar-refractivity contribution in [2.75, 3.05) is 13.1 Å². The SMILES string of the molecule is Oc1[nH]c2cc(Cl)ccc2c1C(=Nc1ccc(CN2CCCCC2)cc1)c1ccccc1. The molecule has 5 rings (SSSR count). The monoisotopic (exact) mass is 443 g/mol. The third-order valence-electron chi connectivity index (χ3n) is 6.06. The number of nitrogens with one attached hydrogen (secondary N) is 1. The Morgan fingerprint density at radius 1 is 0.938 bits per heavy atom.